The van der Waals surface area contributed by atoms with E-state index in [-0.39, 0.29) is 11.5 Å². The van der Waals surface area contributed by atoms with Gasteiger partial charge in [0.2, 0.25) is 5.91 Å². The molecule has 1 saturated heterocycles. The topological polar surface area (TPSA) is 54.8 Å². The zero-order chi connectivity index (χ0) is 13.3. The van der Waals surface area contributed by atoms with Crippen LogP contribution in [0.15, 0.2) is 29.6 Å². The quantitative estimate of drug-likeness (QED) is 0.769. The minimum Gasteiger partial charge on any atom is -0.387 e. The molecule has 1 unspecified atom stereocenters. The van der Waals surface area contributed by atoms with Crippen molar-refractivity contribution in [1.29, 1.82) is 0 Å². The van der Waals surface area contributed by atoms with Crippen molar-refractivity contribution in [1.82, 2.24) is 9.88 Å². The van der Waals surface area contributed by atoms with Crippen LogP contribution < -0.4 is 0 Å². The molecule has 0 bridgehead atoms. The standard InChI is InChI=1S/C14H17N3O2/c1-11(18)17-8-4-6-14(10-17)9-13(16-19-14)12-5-2-3-7-15-12/h2-3,5,7H,4,6,8-10H2,1H3. The van der Waals surface area contributed by atoms with Crippen LogP contribution in [0.5, 0.6) is 0 Å². The average Bonchev–Trinajstić information content (AvgIpc) is 2.83. The number of oxime groups is 1. The van der Waals surface area contributed by atoms with E-state index in [0.717, 1.165) is 37.2 Å². The van der Waals surface area contributed by atoms with Crippen LogP contribution in [-0.2, 0) is 9.63 Å². The molecule has 1 spiro atoms. The molecule has 1 atom stereocenters. The lowest BCUT2D eigenvalue weighted by Crippen LogP contribution is -2.49. The van der Waals surface area contributed by atoms with Crippen LogP contribution in [-0.4, -0.2) is 40.2 Å². The first-order chi connectivity index (χ1) is 9.19. The molecule has 2 aliphatic heterocycles. The highest BCUT2D eigenvalue weighted by molar-refractivity contribution is 6.00. The summed E-state index contributed by atoms with van der Waals surface area (Å²) in [6.07, 6.45) is 4.39. The number of carbonyl (C=O) groups excluding carboxylic acids is 1. The van der Waals surface area contributed by atoms with Gasteiger partial charge in [-0.2, -0.15) is 0 Å². The van der Waals surface area contributed by atoms with Gasteiger partial charge in [-0.1, -0.05) is 11.2 Å². The van der Waals surface area contributed by atoms with E-state index in [9.17, 15) is 4.79 Å². The number of hydrogen-bond donors (Lipinski definition) is 0. The molecule has 0 saturated carbocycles. The number of likely N-dealkylation sites (tertiary alicyclic amines) is 1. The summed E-state index contributed by atoms with van der Waals surface area (Å²) in [6.45, 7) is 3.05. The first-order valence-electron chi connectivity index (χ1n) is 6.61. The Hall–Kier alpha value is -1.91. The maximum absolute atomic E-state index is 11.5. The van der Waals surface area contributed by atoms with Gasteiger partial charge in [0.05, 0.1) is 12.2 Å². The molecule has 0 N–H and O–H groups in total. The van der Waals surface area contributed by atoms with E-state index in [1.54, 1.807) is 13.1 Å². The number of rotatable bonds is 1. The van der Waals surface area contributed by atoms with Gasteiger partial charge in [0.1, 0.15) is 5.71 Å². The predicted molar refractivity (Wildman–Crippen MR) is 70.7 cm³/mol. The molecule has 1 fully saturated rings. The molecule has 5 heteroatoms. The van der Waals surface area contributed by atoms with Gasteiger partial charge in [0.15, 0.2) is 5.60 Å². The summed E-state index contributed by atoms with van der Waals surface area (Å²) in [6, 6.07) is 5.76. The summed E-state index contributed by atoms with van der Waals surface area (Å²) >= 11 is 0. The highest BCUT2D eigenvalue weighted by atomic mass is 16.7. The largest absolute Gasteiger partial charge is 0.387 e. The molecule has 0 aliphatic carbocycles. The number of amides is 1. The van der Waals surface area contributed by atoms with Gasteiger partial charge in [-0.25, -0.2) is 0 Å². The summed E-state index contributed by atoms with van der Waals surface area (Å²) in [7, 11) is 0. The summed E-state index contributed by atoms with van der Waals surface area (Å²) in [5.41, 5.74) is 1.40. The number of aromatic nitrogens is 1. The third-order valence-corrected chi connectivity index (χ3v) is 3.78. The number of pyridine rings is 1. The van der Waals surface area contributed by atoms with Gasteiger partial charge in [-0.05, 0) is 25.0 Å². The van der Waals surface area contributed by atoms with Gasteiger partial charge in [-0.3, -0.25) is 9.78 Å². The van der Waals surface area contributed by atoms with E-state index >= 15 is 0 Å². The Balaban J connectivity index is 1.74. The van der Waals surface area contributed by atoms with Gasteiger partial charge in [-0.15, -0.1) is 0 Å². The van der Waals surface area contributed by atoms with E-state index < -0.39 is 0 Å². The SMILES string of the molecule is CC(=O)N1CCCC2(CC(c3ccccn3)=NO2)C1. The molecule has 1 amide bonds. The van der Waals surface area contributed by atoms with Crippen LogP contribution in [0.1, 0.15) is 31.9 Å². The predicted octanol–water partition coefficient (Wildman–Crippen LogP) is 1.59. The smallest absolute Gasteiger partial charge is 0.219 e. The molecular formula is C14H17N3O2. The molecular weight excluding hydrogens is 242 g/mol. The van der Waals surface area contributed by atoms with Crippen molar-refractivity contribution >= 4 is 11.6 Å². The summed E-state index contributed by atoms with van der Waals surface area (Å²) in [5, 5.41) is 4.19. The third kappa shape index (κ3) is 2.32. The average molecular weight is 259 g/mol. The molecule has 2 aliphatic rings. The van der Waals surface area contributed by atoms with E-state index in [4.69, 9.17) is 4.84 Å². The van der Waals surface area contributed by atoms with Crippen LogP contribution in [0.4, 0.5) is 0 Å². The summed E-state index contributed by atoms with van der Waals surface area (Å²) < 4.78 is 0. The molecule has 5 nitrogen and oxygen atoms in total. The van der Waals surface area contributed by atoms with Crippen LogP contribution in [0.25, 0.3) is 0 Å². The number of nitrogens with zero attached hydrogens (tertiary/aromatic N) is 3. The molecule has 19 heavy (non-hydrogen) atoms. The number of carbonyl (C=O) groups is 1. The van der Waals surface area contributed by atoms with Crippen molar-refractivity contribution < 1.29 is 9.63 Å². The second-order valence-electron chi connectivity index (χ2n) is 5.25. The molecule has 1 aromatic heterocycles. The fourth-order valence-corrected chi connectivity index (χ4v) is 2.78. The van der Waals surface area contributed by atoms with Crippen LogP contribution >= 0.6 is 0 Å². The molecule has 100 valence electrons. The van der Waals surface area contributed by atoms with Crippen LogP contribution in [0, 0.1) is 0 Å². The minimum absolute atomic E-state index is 0.106. The van der Waals surface area contributed by atoms with Crippen molar-refractivity contribution in [2.75, 3.05) is 13.1 Å². The highest BCUT2D eigenvalue weighted by Gasteiger charge is 2.44. The molecule has 3 heterocycles. The van der Waals surface area contributed by atoms with Crippen LogP contribution in [0.2, 0.25) is 0 Å². The van der Waals surface area contributed by atoms with Gasteiger partial charge >= 0.3 is 0 Å². The fourth-order valence-electron chi connectivity index (χ4n) is 2.78. The van der Waals surface area contributed by atoms with Crippen molar-refractivity contribution in [3.8, 4) is 0 Å². The molecule has 0 aromatic carbocycles. The third-order valence-electron chi connectivity index (χ3n) is 3.78. The first-order valence-corrected chi connectivity index (χ1v) is 6.61. The lowest BCUT2D eigenvalue weighted by atomic mass is 9.87. The lowest BCUT2D eigenvalue weighted by Gasteiger charge is -2.37. The Morgan fingerprint density at radius 2 is 2.37 bits per heavy atom. The summed E-state index contributed by atoms with van der Waals surface area (Å²) in [5.74, 6) is 0.106. The Morgan fingerprint density at radius 1 is 1.47 bits per heavy atom. The van der Waals surface area contributed by atoms with Crippen molar-refractivity contribution in [3.63, 3.8) is 0 Å². The number of hydrogen-bond acceptors (Lipinski definition) is 4. The van der Waals surface area contributed by atoms with Crippen LogP contribution in [0.3, 0.4) is 0 Å². The fraction of sp³-hybridized carbons (Fsp3) is 0.500. The molecule has 1 aromatic rings. The Labute approximate surface area is 112 Å². The highest BCUT2D eigenvalue weighted by Crippen LogP contribution is 2.34. The van der Waals surface area contributed by atoms with Crippen molar-refractivity contribution in [3.05, 3.63) is 30.1 Å². The monoisotopic (exact) mass is 259 g/mol. The number of piperidine rings is 1. The van der Waals surface area contributed by atoms with E-state index in [1.807, 2.05) is 23.1 Å². The maximum Gasteiger partial charge on any atom is 0.219 e. The zero-order valence-corrected chi connectivity index (χ0v) is 11.0. The molecule has 0 radical (unpaired) electrons. The Bertz CT molecular complexity index is 515. The lowest BCUT2D eigenvalue weighted by molar-refractivity contribution is -0.138. The first kappa shape index (κ1) is 12.1. The van der Waals surface area contributed by atoms with E-state index in [0.29, 0.717) is 6.54 Å². The van der Waals surface area contributed by atoms with Crippen molar-refractivity contribution in [2.45, 2.75) is 31.8 Å². The Morgan fingerprint density at radius 3 is 3.11 bits per heavy atom. The van der Waals surface area contributed by atoms with Gasteiger partial charge < -0.3 is 9.74 Å². The second kappa shape index (κ2) is 4.64. The Kier molecular flexibility index (Phi) is 2.97. The van der Waals surface area contributed by atoms with Gasteiger partial charge in [0, 0.05) is 26.1 Å². The van der Waals surface area contributed by atoms with Crippen molar-refractivity contribution in [2.24, 2.45) is 5.16 Å². The zero-order valence-electron chi connectivity index (χ0n) is 11.0. The molecule has 3 rings (SSSR count). The second-order valence-corrected chi connectivity index (χ2v) is 5.25. The van der Waals surface area contributed by atoms with E-state index in [1.165, 1.54) is 0 Å². The minimum atomic E-state index is -0.337. The summed E-state index contributed by atoms with van der Waals surface area (Å²) in [4.78, 5) is 23.3. The normalized spacial score (nSPS) is 26.2. The maximum atomic E-state index is 11.5. The van der Waals surface area contributed by atoms with Gasteiger partial charge in [0.25, 0.3) is 0 Å². The van der Waals surface area contributed by atoms with E-state index in [2.05, 4.69) is 10.1 Å².